The van der Waals surface area contributed by atoms with Gasteiger partial charge in [0.15, 0.2) is 0 Å². The molecule has 21 heavy (non-hydrogen) atoms. The highest BCUT2D eigenvalue weighted by molar-refractivity contribution is 5.23. The van der Waals surface area contributed by atoms with Gasteiger partial charge in [-0.3, -0.25) is 0 Å². The maximum Gasteiger partial charge on any atom is 0.0712 e. The van der Waals surface area contributed by atoms with Crippen LogP contribution in [0.25, 0.3) is 0 Å². The highest BCUT2D eigenvalue weighted by Crippen LogP contribution is 2.27. The molecule has 1 saturated heterocycles. The van der Waals surface area contributed by atoms with Crippen molar-refractivity contribution < 1.29 is 10.2 Å². The number of piperidine rings is 1. The summed E-state index contributed by atoms with van der Waals surface area (Å²) < 4.78 is 0. The second-order valence-electron chi connectivity index (χ2n) is 7.00. The van der Waals surface area contributed by atoms with Crippen LogP contribution < -0.4 is 0 Å². The van der Waals surface area contributed by atoms with E-state index in [-0.39, 0.29) is 12.0 Å². The van der Waals surface area contributed by atoms with Crippen LogP contribution in [0.1, 0.15) is 37.8 Å². The predicted molar refractivity (Wildman–Crippen MR) is 86.4 cm³/mol. The van der Waals surface area contributed by atoms with Gasteiger partial charge in [0, 0.05) is 26.1 Å². The first kappa shape index (κ1) is 16.5. The van der Waals surface area contributed by atoms with E-state index in [2.05, 4.69) is 36.1 Å². The molecule has 0 amide bonds. The molecular formula is C18H29NO2. The number of aliphatic hydroxyl groups is 2. The fourth-order valence-electron chi connectivity index (χ4n) is 3.01. The Labute approximate surface area is 128 Å². The van der Waals surface area contributed by atoms with Crippen LogP contribution in [0, 0.1) is 12.8 Å². The number of aliphatic hydroxyl groups excluding tert-OH is 1. The van der Waals surface area contributed by atoms with Gasteiger partial charge in [-0.1, -0.05) is 43.7 Å². The Morgan fingerprint density at radius 3 is 2.48 bits per heavy atom. The van der Waals surface area contributed by atoms with E-state index in [0.717, 1.165) is 38.9 Å². The molecule has 1 aliphatic heterocycles. The summed E-state index contributed by atoms with van der Waals surface area (Å²) in [4.78, 5) is 2.27. The fourth-order valence-corrected chi connectivity index (χ4v) is 3.01. The van der Waals surface area contributed by atoms with Crippen molar-refractivity contribution in [2.24, 2.45) is 5.92 Å². The minimum absolute atomic E-state index is 0.270. The van der Waals surface area contributed by atoms with Crippen LogP contribution in [-0.2, 0) is 6.42 Å². The normalized spacial score (nSPS) is 20.7. The molecule has 118 valence electrons. The van der Waals surface area contributed by atoms with Crippen molar-refractivity contribution in [3.8, 4) is 0 Å². The van der Waals surface area contributed by atoms with E-state index in [1.807, 2.05) is 13.8 Å². The second-order valence-corrected chi connectivity index (χ2v) is 7.00. The van der Waals surface area contributed by atoms with Crippen LogP contribution >= 0.6 is 0 Å². The summed E-state index contributed by atoms with van der Waals surface area (Å²) in [6, 6.07) is 8.40. The smallest absolute Gasteiger partial charge is 0.0712 e. The molecule has 0 radical (unpaired) electrons. The van der Waals surface area contributed by atoms with Gasteiger partial charge in [-0.2, -0.15) is 0 Å². The first-order valence-electron chi connectivity index (χ1n) is 8.06. The summed E-state index contributed by atoms with van der Waals surface area (Å²) >= 11 is 0. The molecule has 0 saturated carbocycles. The fraction of sp³-hybridized carbons (Fsp3) is 0.667. The van der Waals surface area contributed by atoms with Gasteiger partial charge in [-0.05, 0) is 31.2 Å². The maximum atomic E-state index is 10.8. The molecule has 1 fully saturated rings. The van der Waals surface area contributed by atoms with Crippen LogP contribution in [0.4, 0.5) is 0 Å². The summed E-state index contributed by atoms with van der Waals surface area (Å²) in [5, 5.41) is 20.8. The molecule has 1 aromatic carbocycles. The second kappa shape index (κ2) is 6.91. The molecule has 1 aliphatic rings. The number of benzene rings is 1. The molecule has 0 spiro atoms. The van der Waals surface area contributed by atoms with E-state index < -0.39 is 5.60 Å². The number of hydrogen-bond acceptors (Lipinski definition) is 3. The van der Waals surface area contributed by atoms with Gasteiger partial charge < -0.3 is 15.1 Å². The van der Waals surface area contributed by atoms with Crippen LogP contribution in [0.5, 0.6) is 0 Å². The van der Waals surface area contributed by atoms with E-state index in [9.17, 15) is 10.2 Å². The quantitative estimate of drug-likeness (QED) is 0.875. The molecule has 1 atom stereocenters. The highest BCUT2D eigenvalue weighted by Gasteiger charge is 2.33. The van der Waals surface area contributed by atoms with E-state index in [0.29, 0.717) is 0 Å². The molecule has 0 aliphatic carbocycles. The van der Waals surface area contributed by atoms with E-state index in [1.54, 1.807) is 0 Å². The zero-order chi connectivity index (χ0) is 15.5. The van der Waals surface area contributed by atoms with Crippen molar-refractivity contribution in [1.29, 1.82) is 0 Å². The lowest BCUT2D eigenvalue weighted by Gasteiger charge is -2.39. The first-order chi connectivity index (χ1) is 9.88. The third-order valence-electron chi connectivity index (χ3n) is 4.62. The molecule has 1 heterocycles. The lowest BCUT2D eigenvalue weighted by molar-refractivity contribution is -0.0328. The van der Waals surface area contributed by atoms with Crippen LogP contribution in [0.3, 0.4) is 0 Å². The van der Waals surface area contributed by atoms with Gasteiger partial charge in [-0.25, -0.2) is 0 Å². The Hall–Kier alpha value is -0.900. The van der Waals surface area contributed by atoms with E-state index >= 15 is 0 Å². The lowest BCUT2D eigenvalue weighted by atomic mass is 9.85. The average molecular weight is 291 g/mol. The maximum absolute atomic E-state index is 10.8. The number of hydrogen-bond donors (Lipinski definition) is 2. The van der Waals surface area contributed by atoms with Gasteiger partial charge in [0.25, 0.3) is 0 Å². The lowest BCUT2D eigenvalue weighted by Crippen LogP contribution is -2.48. The Morgan fingerprint density at radius 1 is 1.24 bits per heavy atom. The monoisotopic (exact) mass is 291 g/mol. The molecular weight excluding hydrogens is 262 g/mol. The largest absolute Gasteiger partial charge is 0.392 e. The number of β-amino-alcohol motifs (C(OH)–C–C–N with tert-alkyl or cyclic N) is 1. The molecule has 3 heteroatoms. The summed E-state index contributed by atoms with van der Waals surface area (Å²) in [6.45, 7) is 8.63. The van der Waals surface area contributed by atoms with Crippen LogP contribution in [-0.4, -0.2) is 46.5 Å². The number of nitrogens with zero attached hydrogens (tertiary/aromatic N) is 1. The highest BCUT2D eigenvalue weighted by atomic mass is 16.3. The molecule has 0 bridgehead atoms. The van der Waals surface area contributed by atoms with Gasteiger partial charge in [0.2, 0.25) is 0 Å². The van der Waals surface area contributed by atoms with Crippen molar-refractivity contribution in [3.63, 3.8) is 0 Å². The van der Waals surface area contributed by atoms with Crippen molar-refractivity contribution >= 4 is 0 Å². The minimum Gasteiger partial charge on any atom is -0.392 e. The summed E-state index contributed by atoms with van der Waals surface area (Å²) in [6.07, 6.45) is 2.03. The summed E-state index contributed by atoms with van der Waals surface area (Å²) in [7, 11) is 0. The molecule has 0 aromatic heterocycles. The predicted octanol–water partition coefficient (Wildman–Crippen LogP) is 2.38. The SMILES string of the molecule is Cc1cccc(CC2(O)CCN(CC(O)C(C)C)CC2)c1. The molecule has 2 N–H and O–H groups in total. The number of aryl methyl sites for hydroxylation is 1. The van der Waals surface area contributed by atoms with Crippen molar-refractivity contribution in [2.45, 2.75) is 51.7 Å². The zero-order valence-corrected chi connectivity index (χ0v) is 13.5. The van der Waals surface area contributed by atoms with Gasteiger partial charge in [0.05, 0.1) is 11.7 Å². The molecule has 3 nitrogen and oxygen atoms in total. The summed E-state index contributed by atoms with van der Waals surface area (Å²) in [5.74, 6) is 0.290. The average Bonchev–Trinajstić information content (AvgIpc) is 2.41. The topological polar surface area (TPSA) is 43.7 Å². The van der Waals surface area contributed by atoms with Gasteiger partial charge >= 0.3 is 0 Å². The van der Waals surface area contributed by atoms with E-state index in [1.165, 1.54) is 11.1 Å². The Kier molecular flexibility index (Phi) is 5.42. The minimum atomic E-state index is -0.590. The third-order valence-corrected chi connectivity index (χ3v) is 4.62. The van der Waals surface area contributed by atoms with Crippen molar-refractivity contribution in [1.82, 2.24) is 4.90 Å². The molecule has 2 rings (SSSR count). The van der Waals surface area contributed by atoms with Gasteiger partial charge in [-0.15, -0.1) is 0 Å². The van der Waals surface area contributed by atoms with Crippen LogP contribution in [0.2, 0.25) is 0 Å². The molecule has 1 unspecified atom stereocenters. The first-order valence-corrected chi connectivity index (χ1v) is 8.06. The Bertz CT molecular complexity index is 450. The number of likely N-dealkylation sites (tertiary alicyclic amines) is 1. The van der Waals surface area contributed by atoms with Crippen molar-refractivity contribution in [3.05, 3.63) is 35.4 Å². The number of rotatable bonds is 5. The van der Waals surface area contributed by atoms with Crippen molar-refractivity contribution in [2.75, 3.05) is 19.6 Å². The Balaban J connectivity index is 1.87. The Morgan fingerprint density at radius 2 is 1.90 bits per heavy atom. The summed E-state index contributed by atoms with van der Waals surface area (Å²) in [5.41, 5.74) is 1.87. The standard InChI is InChI=1S/C18H29NO2/c1-14(2)17(20)13-19-9-7-18(21,8-10-19)12-16-6-4-5-15(3)11-16/h4-6,11,14,17,20-21H,7-10,12-13H2,1-3H3. The third kappa shape index (κ3) is 4.80. The zero-order valence-electron chi connectivity index (χ0n) is 13.5. The van der Waals surface area contributed by atoms with Crippen LogP contribution in [0.15, 0.2) is 24.3 Å². The van der Waals surface area contributed by atoms with E-state index in [4.69, 9.17) is 0 Å². The van der Waals surface area contributed by atoms with Gasteiger partial charge in [0.1, 0.15) is 0 Å². The molecule has 1 aromatic rings.